The van der Waals surface area contributed by atoms with Crippen molar-refractivity contribution >= 4 is 11.6 Å². The van der Waals surface area contributed by atoms with E-state index in [4.69, 9.17) is 4.74 Å². The molecular formula is C11H15NO2. The van der Waals surface area contributed by atoms with Crippen LogP contribution in [0.25, 0.3) is 0 Å². The van der Waals surface area contributed by atoms with Crippen molar-refractivity contribution in [3.63, 3.8) is 0 Å². The third-order valence-corrected chi connectivity index (χ3v) is 2.22. The van der Waals surface area contributed by atoms with E-state index in [2.05, 4.69) is 5.32 Å². The number of carbonyl (C=O) groups is 1. The van der Waals surface area contributed by atoms with E-state index in [9.17, 15) is 4.79 Å². The lowest BCUT2D eigenvalue weighted by atomic mass is 10.1. The zero-order chi connectivity index (χ0) is 10.7. The van der Waals surface area contributed by atoms with E-state index in [1.54, 1.807) is 7.11 Å². The Bertz CT molecular complexity index is 359. The molecule has 0 saturated carbocycles. The molecule has 0 aromatic heterocycles. The van der Waals surface area contributed by atoms with Gasteiger partial charge < -0.3 is 10.1 Å². The summed E-state index contributed by atoms with van der Waals surface area (Å²) in [5, 5.41) is 2.77. The van der Waals surface area contributed by atoms with E-state index < -0.39 is 0 Å². The number of hydrogen-bond donors (Lipinski definition) is 1. The molecule has 1 amide bonds. The third-order valence-electron chi connectivity index (χ3n) is 2.22. The van der Waals surface area contributed by atoms with E-state index in [0.29, 0.717) is 5.75 Å². The molecule has 0 unspecified atom stereocenters. The van der Waals surface area contributed by atoms with Gasteiger partial charge in [-0.25, -0.2) is 0 Å². The highest BCUT2D eigenvalue weighted by atomic mass is 16.5. The van der Waals surface area contributed by atoms with Crippen LogP contribution in [-0.2, 0) is 4.79 Å². The summed E-state index contributed by atoms with van der Waals surface area (Å²) in [5.74, 6) is 0.611. The maximum atomic E-state index is 11.0. The molecule has 3 nitrogen and oxygen atoms in total. The zero-order valence-electron chi connectivity index (χ0n) is 8.97. The Morgan fingerprint density at radius 3 is 2.50 bits per heavy atom. The molecule has 76 valence electrons. The minimum absolute atomic E-state index is 0.0861. The van der Waals surface area contributed by atoms with Crippen LogP contribution < -0.4 is 10.1 Å². The van der Waals surface area contributed by atoms with Crippen molar-refractivity contribution < 1.29 is 9.53 Å². The Morgan fingerprint density at radius 2 is 2.00 bits per heavy atom. The summed E-state index contributed by atoms with van der Waals surface area (Å²) in [6.07, 6.45) is 0. The number of anilines is 1. The third kappa shape index (κ3) is 2.05. The molecule has 1 rings (SSSR count). The standard InChI is InChI=1S/C11H15NO2/c1-7-5-6-10(14-4)11(8(7)2)12-9(3)13/h5-6H,1-4H3,(H,12,13). The first-order valence-corrected chi connectivity index (χ1v) is 4.48. The molecule has 0 spiro atoms. The number of rotatable bonds is 2. The van der Waals surface area contributed by atoms with Crippen LogP contribution in [0.4, 0.5) is 5.69 Å². The molecule has 3 heteroatoms. The molecule has 0 atom stereocenters. The van der Waals surface area contributed by atoms with Gasteiger partial charge in [0.25, 0.3) is 0 Å². The highest BCUT2D eigenvalue weighted by Gasteiger charge is 2.09. The predicted molar refractivity (Wildman–Crippen MR) is 56.8 cm³/mol. The predicted octanol–water partition coefficient (Wildman–Crippen LogP) is 2.27. The van der Waals surface area contributed by atoms with E-state index in [1.807, 2.05) is 26.0 Å². The number of aryl methyl sites for hydroxylation is 1. The smallest absolute Gasteiger partial charge is 0.221 e. The van der Waals surface area contributed by atoms with Crippen molar-refractivity contribution in [1.29, 1.82) is 0 Å². The number of ether oxygens (including phenoxy) is 1. The van der Waals surface area contributed by atoms with Crippen molar-refractivity contribution in [1.82, 2.24) is 0 Å². The number of benzene rings is 1. The molecular weight excluding hydrogens is 178 g/mol. The fourth-order valence-corrected chi connectivity index (χ4v) is 1.29. The van der Waals surface area contributed by atoms with Gasteiger partial charge in [0.1, 0.15) is 5.75 Å². The topological polar surface area (TPSA) is 38.3 Å². The minimum Gasteiger partial charge on any atom is -0.495 e. The van der Waals surface area contributed by atoms with Crippen LogP contribution in [0.2, 0.25) is 0 Å². The van der Waals surface area contributed by atoms with E-state index in [0.717, 1.165) is 16.8 Å². The normalized spacial score (nSPS) is 9.71. The molecule has 0 heterocycles. The number of hydrogen-bond acceptors (Lipinski definition) is 2. The van der Waals surface area contributed by atoms with Gasteiger partial charge in [0.2, 0.25) is 5.91 Å². The number of nitrogens with one attached hydrogen (secondary N) is 1. The quantitative estimate of drug-likeness (QED) is 0.782. The molecule has 0 bridgehead atoms. The van der Waals surface area contributed by atoms with Gasteiger partial charge in [-0.15, -0.1) is 0 Å². The fraction of sp³-hybridized carbons (Fsp3) is 0.364. The van der Waals surface area contributed by atoms with Crippen LogP contribution in [-0.4, -0.2) is 13.0 Å². The summed E-state index contributed by atoms with van der Waals surface area (Å²) in [4.78, 5) is 11.0. The Kier molecular flexibility index (Phi) is 3.12. The van der Waals surface area contributed by atoms with Crippen LogP contribution in [0.5, 0.6) is 5.75 Å². The van der Waals surface area contributed by atoms with Crippen LogP contribution in [0, 0.1) is 13.8 Å². The van der Waals surface area contributed by atoms with E-state index >= 15 is 0 Å². The molecule has 0 saturated heterocycles. The highest BCUT2D eigenvalue weighted by molar-refractivity contribution is 5.91. The van der Waals surface area contributed by atoms with E-state index in [-0.39, 0.29) is 5.91 Å². The number of methoxy groups -OCH3 is 1. The Hall–Kier alpha value is -1.51. The Morgan fingerprint density at radius 1 is 1.36 bits per heavy atom. The van der Waals surface area contributed by atoms with Crippen LogP contribution in [0.3, 0.4) is 0 Å². The molecule has 1 N–H and O–H groups in total. The zero-order valence-corrected chi connectivity index (χ0v) is 8.97. The Balaban J connectivity index is 3.20. The first-order valence-electron chi connectivity index (χ1n) is 4.48. The second-order valence-electron chi connectivity index (χ2n) is 3.27. The molecule has 1 aromatic rings. The van der Waals surface area contributed by atoms with Crippen LogP contribution in [0.15, 0.2) is 12.1 Å². The van der Waals surface area contributed by atoms with Crippen LogP contribution >= 0.6 is 0 Å². The first-order chi connectivity index (χ1) is 6.56. The second kappa shape index (κ2) is 4.13. The van der Waals surface area contributed by atoms with Gasteiger partial charge in [0, 0.05) is 6.92 Å². The van der Waals surface area contributed by atoms with Crippen molar-refractivity contribution in [2.24, 2.45) is 0 Å². The van der Waals surface area contributed by atoms with Gasteiger partial charge in [-0.05, 0) is 31.0 Å². The minimum atomic E-state index is -0.0861. The molecule has 0 fully saturated rings. The number of amides is 1. The molecule has 0 aliphatic rings. The lowest BCUT2D eigenvalue weighted by Gasteiger charge is -2.13. The summed E-state index contributed by atoms with van der Waals surface area (Å²) in [7, 11) is 1.59. The summed E-state index contributed by atoms with van der Waals surface area (Å²) in [6, 6.07) is 3.83. The average molecular weight is 193 g/mol. The van der Waals surface area contributed by atoms with Gasteiger partial charge in [-0.1, -0.05) is 6.07 Å². The molecule has 1 aromatic carbocycles. The maximum Gasteiger partial charge on any atom is 0.221 e. The van der Waals surface area contributed by atoms with Gasteiger partial charge in [-0.3, -0.25) is 4.79 Å². The fourth-order valence-electron chi connectivity index (χ4n) is 1.29. The van der Waals surface area contributed by atoms with Crippen molar-refractivity contribution in [2.45, 2.75) is 20.8 Å². The van der Waals surface area contributed by atoms with Crippen molar-refractivity contribution in [2.75, 3.05) is 12.4 Å². The van der Waals surface area contributed by atoms with Gasteiger partial charge in [0.05, 0.1) is 12.8 Å². The SMILES string of the molecule is COc1ccc(C)c(C)c1NC(C)=O. The Labute approximate surface area is 84.1 Å². The summed E-state index contributed by atoms with van der Waals surface area (Å²) >= 11 is 0. The van der Waals surface area contributed by atoms with Crippen molar-refractivity contribution in [3.05, 3.63) is 23.3 Å². The van der Waals surface area contributed by atoms with Gasteiger partial charge >= 0.3 is 0 Å². The van der Waals surface area contributed by atoms with Gasteiger partial charge in [-0.2, -0.15) is 0 Å². The molecule has 14 heavy (non-hydrogen) atoms. The largest absolute Gasteiger partial charge is 0.495 e. The van der Waals surface area contributed by atoms with Gasteiger partial charge in [0.15, 0.2) is 0 Å². The maximum absolute atomic E-state index is 11.0. The van der Waals surface area contributed by atoms with Crippen molar-refractivity contribution in [3.8, 4) is 5.75 Å². The summed E-state index contributed by atoms with van der Waals surface area (Å²) < 4.78 is 5.17. The second-order valence-corrected chi connectivity index (χ2v) is 3.27. The number of carbonyl (C=O) groups excluding carboxylic acids is 1. The molecule has 0 radical (unpaired) electrons. The molecule has 0 aliphatic heterocycles. The van der Waals surface area contributed by atoms with Crippen LogP contribution in [0.1, 0.15) is 18.1 Å². The summed E-state index contributed by atoms with van der Waals surface area (Å²) in [5.41, 5.74) is 2.94. The monoisotopic (exact) mass is 193 g/mol. The highest BCUT2D eigenvalue weighted by Crippen LogP contribution is 2.29. The van der Waals surface area contributed by atoms with E-state index in [1.165, 1.54) is 6.92 Å². The summed E-state index contributed by atoms with van der Waals surface area (Å²) in [6.45, 7) is 5.45. The average Bonchev–Trinajstić information content (AvgIpc) is 2.13. The first kappa shape index (κ1) is 10.6. The lowest BCUT2D eigenvalue weighted by Crippen LogP contribution is -2.09. The molecule has 0 aliphatic carbocycles. The lowest BCUT2D eigenvalue weighted by molar-refractivity contribution is -0.114.